The summed E-state index contributed by atoms with van der Waals surface area (Å²) >= 11 is 10.9. The fourth-order valence-corrected chi connectivity index (χ4v) is 0.408. The third kappa shape index (κ3) is 6.54. The lowest BCUT2D eigenvalue weighted by atomic mass is 10.6. The minimum atomic E-state index is -0.818. The van der Waals surface area contributed by atoms with Crippen LogP contribution in [-0.2, 0) is 0 Å². The van der Waals surface area contributed by atoms with E-state index in [1.807, 2.05) is 0 Å². The van der Waals surface area contributed by atoms with Gasteiger partial charge in [0.1, 0.15) is 0 Å². The highest BCUT2D eigenvalue weighted by Crippen LogP contribution is 2.13. The highest BCUT2D eigenvalue weighted by molar-refractivity contribution is 6.47. The Kier molecular flexibility index (Phi) is 2.96. The molecule has 0 spiro atoms. The summed E-state index contributed by atoms with van der Waals surface area (Å²) in [7, 11) is 0. The van der Waals surface area contributed by atoms with Crippen LogP contribution in [0.25, 0.3) is 0 Å². The summed E-state index contributed by atoms with van der Waals surface area (Å²) in [6.07, 6.45) is 0. The predicted octanol–water partition coefficient (Wildman–Crippen LogP) is 1.56. The van der Waals surface area contributed by atoms with E-state index < -0.39 is 4.46 Å². The largest absolute Gasteiger partial charge is 0.287 e. The van der Waals surface area contributed by atoms with Gasteiger partial charge in [-0.25, -0.2) is 0 Å². The van der Waals surface area contributed by atoms with Gasteiger partial charge in [-0.2, -0.15) is 0 Å². The Morgan fingerprint density at radius 2 is 2.14 bits per heavy atom. The van der Waals surface area contributed by atoms with E-state index in [1.54, 1.807) is 6.92 Å². The van der Waals surface area contributed by atoms with Crippen LogP contribution >= 0.6 is 23.2 Å². The van der Waals surface area contributed by atoms with Gasteiger partial charge in [-0.3, -0.25) is 5.32 Å². The second kappa shape index (κ2) is 2.75. The van der Waals surface area contributed by atoms with Crippen molar-refractivity contribution in [2.24, 2.45) is 0 Å². The van der Waals surface area contributed by atoms with E-state index in [0.717, 1.165) is 0 Å². The molecule has 0 aliphatic carbocycles. The van der Waals surface area contributed by atoms with E-state index in [2.05, 4.69) is 12.2 Å². The maximum Gasteiger partial charge on any atom is 0.166 e. The quantitative estimate of drug-likeness (QED) is 0.454. The summed E-state index contributed by atoms with van der Waals surface area (Å²) < 4.78 is -0.818. The second-order valence-corrected chi connectivity index (χ2v) is 3.02. The van der Waals surface area contributed by atoms with Crippen LogP contribution in [0.15, 0.2) is 0 Å². The van der Waals surface area contributed by atoms with E-state index in [0.29, 0.717) is 6.54 Å². The average Bonchev–Trinajstić information content (AvgIpc) is 1.30. The molecule has 0 saturated heterocycles. The first kappa shape index (κ1) is 7.54. The second-order valence-electron chi connectivity index (χ2n) is 1.32. The lowest BCUT2D eigenvalue weighted by Crippen LogP contribution is -2.30. The number of nitrogens with one attached hydrogen (secondary N) is 1. The number of halogens is 2. The molecular formula is C4H8Cl2N. The summed E-state index contributed by atoms with van der Waals surface area (Å²) in [6, 6.07) is 0. The average molecular weight is 141 g/mol. The molecule has 1 N–H and O–H groups in total. The van der Waals surface area contributed by atoms with Gasteiger partial charge in [0.05, 0.1) is 0 Å². The molecule has 0 unspecified atom stereocenters. The zero-order valence-corrected chi connectivity index (χ0v) is 5.68. The Morgan fingerprint density at radius 3 is 2.14 bits per heavy atom. The van der Waals surface area contributed by atoms with Crippen LogP contribution in [0.2, 0.25) is 0 Å². The molecule has 0 aliphatic rings. The summed E-state index contributed by atoms with van der Waals surface area (Å²) in [5.74, 6) is 0. The first-order valence-electron chi connectivity index (χ1n) is 1.98. The van der Waals surface area contributed by atoms with Crippen LogP contribution in [0.1, 0.15) is 6.92 Å². The lowest BCUT2D eigenvalue weighted by molar-refractivity contribution is 0.682. The summed E-state index contributed by atoms with van der Waals surface area (Å²) in [5, 5.41) is 2.70. The van der Waals surface area contributed by atoms with Crippen LogP contribution in [0.4, 0.5) is 0 Å². The highest BCUT2D eigenvalue weighted by atomic mass is 35.5. The van der Waals surface area contributed by atoms with Crippen molar-refractivity contribution in [1.29, 1.82) is 0 Å². The third-order valence-electron chi connectivity index (χ3n) is 0.435. The maximum atomic E-state index is 5.45. The number of hydrogen-bond acceptors (Lipinski definition) is 1. The monoisotopic (exact) mass is 140 g/mol. The van der Waals surface area contributed by atoms with Crippen molar-refractivity contribution in [3.8, 4) is 0 Å². The molecule has 0 bridgehead atoms. The molecule has 0 rings (SSSR count). The van der Waals surface area contributed by atoms with Crippen molar-refractivity contribution in [2.45, 2.75) is 11.4 Å². The first-order valence-corrected chi connectivity index (χ1v) is 2.74. The lowest BCUT2D eigenvalue weighted by Gasteiger charge is -2.12. The third-order valence-corrected chi connectivity index (χ3v) is 0.703. The molecule has 3 heteroatoms. The Hall–Kier alpha value is 0.540. The fourth-order valence-electron chi connectivity index (χ4n) is 0.219. The zero-order valence-electron chi connectivity index (χ0n) is 4.17. The molecular weight excluding hydrogens is 133 g/mol. The molecule has 0 aliphatic heterocycles. The molecule has 0 aromatic rings. The van der Waals surface area contributed by atoms with Gasteiger partial charge in [-0.1, -0.05) is 23.2 Å². The molecule has 0 heterocycles. The van der Waals surface area contributed by atoms with Crippen LogP contribution in [-0.4, -0.2) is 11.0 Å². The molecule has 0 aromatic carbocycles. The first-order chi connectivity index (χ1) is 3.06. The Balaban J connectivity index is 3.15. The van der Waals surface area contributed by atoms with Gasteiger partial charge in [-0.15, -0.1) is 0 Å². The molecule has 1 radical (unpaired) electrons. The van der Waals surface area contributed by atoms with Crippen molar-refractivity contribution < 1.29 is 0 Å². The van der Waals surface area contributed by atoms with Crippen molar-refractivity contribution in [3.63, 3.8) is 0 Å². The SMILES string of the molecule is [CH2]CNC(C)(Cl)Cl. The smallest absolute Gasteiger partial charge is 0.166 e. The topological polar surface area (TPSA) is 12.0 Å². The predicted molar refractivity (Wildman–Crippen MR) is 33.5 cm³/mol. The van der Waals surface area contributed by atoms with Gasteiger partial charge >= 0.3 is 0 Å². The van der Waals surface area contributed by atoms with Gasteiger partial charge in [0.2, 0.25) is 0 Å². The zero-order chi connectivity index (χ0) is 5.91. The minimum Gasteiger partial charge on any atom is -0.287 e. The molecule has 0 amide bonds. The summed E-state index contributed by atoms with van der Waals surface area (Å²) in [6.45, 7) is 5.69. The Morgan fingerprint density at radius 1 is 1.71 bits per heavy atom. The normalized spacial score (nSPS) is 12.0. The van der Waals surface area contributed by atoms with Crippen LogP contribution in [0.3, 0.4) is 0 Å². The van der Waals surface area contributed by atoms with Crippen LogP contribution in [0.5, 0.6) is 0 Å². The molecule has 43 valence electrons. The molecule has 0 atom stereocenters. The van der Waals surface area contributed by atoms with Crippen molar-refractivity contribution in [1.82, 2.24) is 5.32 Å². The molecule has 0 saturated carbocycles. The van der Waals surface area contributed by atoms with E-state index in [4.69, 9.17) is 23.2 Å². The summed E-state index contributed by atoms with van der Waals surface area (Å²) in [5.41, 5.74) is 0. The summed E-state index contributed by atoms with van der Waals surface area (Å²) in [4.78, 5) is 0. The van der Waals surface area contributed by atoms with Gasteiger partial charge in [0.25, 0.3) is 0 Å². The molecule has 1 nitrogen and oxygen atoms in total. The van der Waals surface area contributed by atoms with Gasteiger partial charge < -0.3 is 0 Å². The minimum absolute atomic E-state index is 0.545. The fraction of sp³-hybridized carbons (Fsp3) is 0.750. The van der Waals surface area contributed by atoms with Gasteiger partial charge in [-0.05, 0) is 20.4 Å². The van der Waals surface area contributed by atoms with Crippen LogP contribution < -0.4 is 5.32 Å². The number of hydrogen-bond donors (Lipinski definition) is 1. The molecule has 7 heavy (non-hydrogen) atoms. The van der Waals surface area contributed by atoms with Gasteiger partial charge in [0.15, 0.2) is 4.46 Å². The van der Waals surface area contributed by atoms with Crippen LogP contribution in [0, 0.1) is 6.92 Å². The molecule has 0 fully saturated rings. The standard InChI is InChI=1S/C4H8Cl2N/c1-3-7-4(2,5)6/h7H,1,3H2,2H3. The Labute approximate surface area is 54.0 Å². The van der Waals surface area contributed by atoms with E-state index in [9.17, 15) is 0 Å². The van der Waals surface area contributed by atoms with Crippen molar-refractivity contribution in [3.05, 3.63) is 6.92 Å². The number of rotatable bonds is 2. The van der Waals surface area contributed by atoms with Crippen molar-refractivity contribution >= 4 is 23.2 Å². The maximum absolute atomic E-state index is 5.45. The van der Waals surface area contributed by atoms with Crippen molar-refractivity contribution in [2.75, 3.05) is 6.54 Å². The van der Waals surface area contributed by atoms with E-state index in [1.165, 1.54) is 0 Å². The Bertz CT molecular complexity index is 48.1. The van der Waals surface area contributed by atoms with Gasteiger partial charge in [0, 0.05) is 0 Å². The molecule has 0 aromatic heterocycles. The highest BCUT2D eigenvalue weighted by Gasteiger charge is 2.11. The van der Waals surface area contributed by atoms with E-state index in [-0.39, 0.29) is 0 Å². The number of alkyl halides is 2. The van der Waals surface area contributed by atoms with E-state index >= 15 is 0 Å².